The Morgan fingerprint density at radius 1 is 0.688 bits per heavy atom. The zero-order valence-corrected chi connectivity index (χ0v) is 12.0. The Hall–Kier alpha value is 0.839. The molecule has 0 nitrogen and oxygen atoms in total. The number of fused-ring (bicyclic) bond motifs is 10. The molecule has 0 aromatic rings. The average Bonchev–Trinajstić information content (AvgIpc) is 3.15. The van der Waals surface area contributed by atoms with Crippen LogP contribution in [0.4, 0.5) is 0 Å². The topological polar surface area (TPSA) is 0 Å². The van der Waals surface area contributed by atoms with E-state index in [0.29, 0.717) is 0 Å². The van der Waals surface area contributed by atoms with Crippen LogP contribution in [0.15, 0.2) is 12.7 Å². The quantitative estimate of drug-likeness (QED) is 0.414. The maximum absolute atomic E-state index is 3.36. The Morgan fingerprint density at radius 2 is 0.812 bits per heavy atom. The predicted octanol–water partition coefficient (Wildman–Crippen LogP) is 5.41. The fourth-order valence-electron chi connectivity index (χ4n) is 15.8. The molecule has 0 bridgehead atoms. The Morgan fingerprint density at radius 3 is 0.812 bits per heavy atom. The van der Waals surface area contributed by atoms with Crippen molar-refractivity contribution in [2.45, 2.75) is 55.1 Å². The monoisotopic (exact) mass is 300 g/mol. The number of rotatable bonds is 0. The van der Waals surface area contributed by atoms with E-state index >= 15 is 0 Å². The summed E-state index contributed by atoms with van der Waals surface area (Å²) in [6.45, 7) is 2.97. The first-order valence-corrected chi connectivity index (χ1v) is 12.7. The van der Waals surface area contributed by atoms with Crippen LogP contribution in [0.5, 0.6) is 0 Å². The average molecular weight is 301 g/mol. The van der Waals surface area contributed by atoms with Gasteiger partial charge < -0.3 is 0 Å². The fourth-order valence-corrected chi connectivity index (χ4v) is 88.0. The van der Waals surface area contributed by atoms with Gasteiger partial charge >= 0.3 is 54.7 Å². The van der Waals surface area contributed by atoms with E-state index < -0.39 is 6.51 Å². The zero-order chi connectivity index (χ0) is 8.80. The third kappa shape index (κ3) is 0.0705. The molecular weight excluding hydrogens is 283 g/mol. The van der Waals surface area contributed by atoms with Gasteiger partial charge in [-0.15, -0.1) is 31.4 Å². The van der Waals surface area contributed by atoms with E-state index in [1.807, 2.05) is 6.92 Å². The minimum atomic E-state index is -2.28. The van der Waals surface area contributed by atoms with Crippen molar-refractivity contribution >= 4 is 24.8 Å². The normalized spacial score (nSPS) is 118. The molecule has 0 atom stereocenters. The molecular formula is C13H18Cl2Fe. The standard InChI is InChI=1S/2C5H5.C3H6.2ClH.Fe/c2*1-2-4-5-3-1;1-3-2;;;/h2*1-5H;3H,1H2,2H3;2*1H;. The number of allylic oxidation sites excluding steroid dienone is 1. The second-order valence-corrected chi connectivity index (χ2v) is 33.9. The van der Waals surface area contributed by atoms with Crippen molar-refractivity contribution in [1.82, 2.24) is 0 Å². The molecule has 10 fully saturated rings. The van der Waals surface area contributed by atoms with Gasteiger partial charge in [0.2, 0.25) is 0 Å². The summed E-state index contributed by atoms with van der Waals surface area (Å²) in [5, 5.41) is 0. The SMILES string of the molecule is C=CC.Cl.Cl.[CH]12[CH]3[CH]4[CH]5[CH]1[Fe]23451678[CH]2[CH]1[CH]6[CH]7[CH]28. The van der Waals surface area contributed by atoms with Crippen molar-refractivity contribution in [3.8, 4) is 0 Å². The molecule has 10 aliphatic heterocycles. The molecule has 0 aromatic heterocycles. The van der Waals surface area contributed by atoms with Crippen molar-refractivity contribution in [3.63, 3.8) is 0 Å². The number of hydrogen-bond donors (Lipinski definition) is 0. The van der Waals surface area contributed by atoms with Crippen LogP contribution in [-0.2, 0) is 6.51 Å². The fraction of sp³-hybridized carbons (Fsp3) is 0.846. The molecule has 1 spiro atoms. The summed E-state index contributed by atoms with van der Waals surface area (Å²) in [5.74, 6) is 0. The van der Waals surface area contributed by atoms with Crippen molar-refractivity contribution in [3.05, 3.63) is 12.7 Å². The van der Waals surface area contributed by atoms with Crippen LogP contribution in [0.25, 0.3) is 0 Å². The Balaban J connectivity index is 0.000000114. The summed E-state index contributed by atoms with van der Waals surface area (Å²) in [4.78, 5) is 15.9. The van der Waals surface area contributed by atoms with E-state index in [0.717, 1.165) is 0 Å². The third-order valence-electron chi connectivity index (χ3n) is 14.5. The van der Waals surface area contributed by atoms with E-state index in [1.54, 1.807) is 54.2 Å². The molecule has 3 heteroatoms. The minimum absolute atomic E-state index is 0. The molecule has 0 amide bonds. The van der Waals surface area contributed by atoms with E-state index in [9.17, 15) is 0 Å². The summed E-state index contributed by atoms with van der Waals surface area (Å²) < 4.78 is 0. The Bertz CT molecular complexity index is 626. The van der Waals surface area contributed by atoms with E-state index in [-0.39, 0.29) is 24.8 Å². The first kappa shape index (κ1) is 8.10. The predicted molar refractivity (Wildman–Crippen MR) is 67.9 cm³/mol. The first-order chi connectivity index (χ1) is 6.57. The van der Waals surface area contributed by atoms with Crippen LogP contribution in [0.2, 0.25) is 48.2 Å². The van der Waals surface area contributed by atoms with Crippen LogP contribution in [0.1, 0.15) is 6.92 Å². The van der Waals surface area contributed by atoms with Gasteiger partial charge in [-0.3, -0.25) is 0 Å². The molecule has 10 saturated heterocycles. The van der Waals surface area contributed by atoms with Gasteiger partial charge in [-0.2, -0.15) is 0 Å². The molecule has 16 heavy (non-hydrogen) atoms. The molecule has 0 saturated carbocycles. The van der Waals surface area contributed by atoms with Crippen molar-refractivity contribution < 1.29 is 6.51 Å². The summed E-state index contributed by atoms with van der Waals surface area (Å²) in [6.07, 6.45) is 1.75. The van der Waals surface area contributed by atoms with Crippen molar-refractivity contribution in [2.75, 3.05) is 0 Å². The van der Waals surface area contributed by atoms with Gasteiger partial charge in [0.1, 0.15) is 0 Å². The summed E-state index contributed by atoms with van der Waals surface area (Å²) in [7, 11) is 0. The van der Waals surface area contributed by atoms with E-state index in [1.165, 1.54) is 0 Å². The third-order valence-corrected chi connectivity index (χ3v) is 56.5. The molecule has 0 aliphatic carbocycles. The van der Waals surface area contributed by atoms with Gasteiger partial charge in [-0.1, -0.05) is 6.08 Å². The maximum atomic E-state index is 3.36. The first-order valence-electron chi connectivity index (χ1n) is 6.36. The molecule has 0 radical (unpaired) electrons. The Labute approximate surface area is 98.7 Å². The molecule has 92 valence electrons. The molecule has 0 aromatic carbocycles. The van der Waals surface area contributed by atoms with Gasteiger partial charge in [0.25, 0.3) is 0 Å². The number of halogens is 2. The second kappa shape index (κ2) is 0.591. The van der Waals surface area contributed by atoms with Gasteiger partial charge in [0.05, 0.1) is 0 Å². The van der Waals surface area contributed by atoms with Crippen LogP contribution in [-0.4, -0.2) is 0 Å². The van der Waals surface area contributed by atoms with Crippen molar-refractivity contribution in [2.24, 2.45) is 0 Å². The van der Waals surface area contributed by atoms with E-state index in [4.69, 9.17) is 0 Å². The molecule has 10 aliphatic rings. The van der Waals surface area contributed by atoms with Gasteiger partial charge in [0.15, 0.2) is 0 Å². The molecule has 0 N–H and O–H groups in total. The summed E-state index contributed by atoms with van der Waals surface area (Å²) in [5.41, 5.74) is 0. The van der Waals surface area contributed by atoms with E-state index in [2.05, 4.69) is 6.58 Å². The molecule has 0 unspecified atom stereocenters. The molecule has 10 heterocycles. The molecule has 10 rings (SSSR count). The van der Waals surface area contributed by atoms with Gasteiger partial charge in [-0.25, -0.2) is 0 Å². The number of hydrogen-bond acceptors (Lipinski definition) is 0. The summed E-state index contributed by atoms with van der Waals surface area (Å²) in [6, 6.07) is 0. The van der Waals surface area contributed by atoms with Crippen LogP contribution < -0.4 is 0 Å². The van der Waals surface area contributed by atoms with Crippen LogP contribution in [0.3, 0.4) is 0 Å². The van der Waals surface area contributed by atoms with Crippen molar-refractivity contribution in [1.29, 1.82) is 0 Å². The van der Waals surface area contributed by atoms with Crippen LogP contribution >= 0.6 is 24.8 Å². The van der Waals surface area contributed by atoms with Gasteiger partial charge in [0, 0.05) is 0 Å². The van der Waals surface area contributed by atoms with Crippen LogP contribution in [0, 0.1) is 0 Å². The second-order valence-electron chi connectivity index (χ2n) is 9.99. The summed E-state index contributed by atoms with van der Waals surface area (Å²) >= 11 is 0. The Kier molecular flexibility index (Phi) is 0.299. The zero-order valence-electron chi connectivity index (χ0n) is 9.23. The van der Waals surface area contributed by atoms with Gasteiger partial charge in [-0.05, 0) is 6.92 Å².